The number of carbonyl (C=O) groups excluding carboxylic acids is 1. The summed E-state index contributed by atoms with van der Waals surface area (Å²) in [5.74, 6) is -0.437. The number of sulfone groups is 1. The third-order valence-electron chi connectivity index (χ3n) is 4.05. The molecular formula is C14H20BrClN2O3S. The number of rotatable bonds is 3. The molecule has 1 fully saturated rings. The Kier molecular flexibility index (Phi) is 6.44. The lowest BCUT2D eigenvalue weighted by Crippen LogP contribution is -2.55. The van der Waals surface area contributed by atoms with Gasteiger partial charge in [-0.2, -0.15) is 0 Å². The minimum absolute atomic E-state index is 0. The predicted molar refractivity (Wildman–Crippen MR) is 94.4 cm³/mol. The van der Waals surface area contributed by atoms with Gasteiger partial charge in [-0.1, -0.05) is 22.0 Å². The maximum Gasteiger partial charge on any atom is 0.245 e. The second-order valence-corrected chi connectivity index (χ2v) is 8.56. The first-order valence-corrected chi connectivity index (χ1v) is 9.43. The zero-order chi connectivity index (χ0) is 15.7. The van der Waals surface area contributed by atoms with Crippen LogP contribution in [0.3, 0.4) is 0 Å². The molecule has 0 aromatic heterocycles. The van der Waals surface area contributed by atoms with Crippen molar-refractivity contribution in [3.8, 4) is 0 Å². The molecule has 1 aromatic carbocycles. The number of halogens is 2. The van der Waals surface area contributed by atoms with Crippen molar-refractivity contribution in [2.45, 2.75) is 24.5 Å². The Morgan fingerprint density at radius 3 is 2.45 bits per heavy atom. The van der Waals surface area contributed by atoms with Gasteiger partial charge in [-0.25, -0.2) is 8.42 Å². The van der Waals surface area contributed by atoms with Crippen molar-refractivity contribution >= 4 is 49.8 Å². The van der Waals surface area contributed by atoms with E-state index in [1.807, 2.05) is 19.1 Å². The highest BCUT2D eigenvalue weighted by Crippen LogP contribution is 2.31. The van der Waals surface area contributed by atoms with Crippen LogP contribution >= 0.6 is 28.3 Å². The van der Waals surface area contributed by atoms with E-state index in [9.17, 15) is 13.2 Å². The molecule has 124 valence electrons. The highest BCUT2D eigenvalue weighted by atomic mass is 79.9. The molecule has 22 heavy (non-hydrogen) atoms. The quantitative estimate of drug-likeness (QED) is 0.800. The van der Waals surface area contributed by atoms with Gasteiger partial charge in [0.1, 0.15) is 0 Å². The lowest BCUT2D eigenvalue weighted by molar-refractivity contribution is -0.119. The summed E-state index contributed by atoms with van der Waals surface area (Å²) >= 11 is 3.41. The summed E-state index contributed by atoms with van der Waals surface area (Å²) in [6.07, 6.45) is 1.74. The molecule has 1 heterocycles. The molecule has 2 N–H and O–H groups in total. The van der Waals surface area contributed by atoms with Gasteiger partial charge in [0, 0.05) is 16.4 Å². The Morgan fingerprint density at radius 1 is 1.32 bits per heavy atom. The van der Waals surface area contributed by atoms with E-state index in [4.69, 9.17) is 0 Å². The molecule has 1 aliphatic heterocycles. The van der Waals surface area contributed by atoms with Crippen molar-refractivity contribution in [1.29, 1.82) is 0 Å². The van der Waals surface area contributed by atoms with Crippen LogP contribution in [0.15, 0.2) is 22.7 Å². The molecule has 1 aromatic rings. The van der Waals surface area contributed by atoms with Crippen molar-refractivity contribution in [1.82, 2.24) is 5.32 Å². The van der Waals surface area contributed by atoms with E-state index in [0.717, 1.165) is 16.3 Å². The Morgan fingerprint density at radius 2 is 1.91 bits per heavy atom. The van der Waals surface area contributed by atoms with Crippen LogP contribution in [0.5, 0.6) is 0 Å². The van der Waals surface area contributed by atoms with Crippen molar-refractivity contribution in [3.63, 3.8) is 0 Å². The van der Waals surface area contributed by atoms with E-state index in [1.54, 1.807) is 6.07 Å². The third-order valence-corrected chi connectivity index (χ3v) is 6.92. The molecule has 5 nitrogen and oxygen atoms in total. The summed E-state index contributed by atoms with van der Waals surface area (Å²) < 4.78 is 23.9. The normalized spacial score (nSPS) is 17.4. The Balaban J connectivity index is 0.00000242. The minimum atomic E-state index is -3.49. The van der Waals surface area contributed by atoms with Crippen molar-refractivity contribution in [3.05, 3.63) is 28.2 Å². The molecule has 0 unspecified atom stereocenters. The van der Waals surface area contributed by atoms with Crippen LogP contribution in [0.4, 0.5) is 5.69 Å². The average Bonchev–Trinajstić information content (AvgIpc) is 2.43. The second kappa shape index (κ2) is 7.29. The molecule has 0 radical (unpaired) electrons. The zero-order valence-corrected chi connectivity index (χ0v) is 15.7. The van der Waals surface area contributed by atoms with Crippen molar-refractivity contribution in [2.75, 3.05) is 24.7 Å². The van der Waals surface area contributed by atoms with Crippen molar-refractivity contribution < 1.29 is 13.2 Å². The van der Waals surface area contributed by atoms with Crippen LogP contribution in [0, 0.1) is 6.92 Å². The monoisotopic (exact) mass is 410 g/mol. The Labute approximate surface area is 145 Å². The number of piperidine rings is 1. The van der Waals surface area contributed by atoms with E-state index in [-0.39, 0.29) is 12.4 Å². The van der Waals surface area contributed by atoms with E-state index in [2.05, 4.69) is 26.6 Å². The SMILES string of the molecule is Cc1c(Br)cccc1NC(=O)C1(S(C)(=O)=O)CCNCC1.Cl. The van der Waals surface area contributed by atoms with E-state index in [1.165, 1.54) is 0 Å². The first kappa shape index (κ1) is 19.4. The molecule has 1 amide bonds. The fourth-order valence-electron chi connectivity index (χ4n) is 2.58. The second-order valence-electron chi connectivity index (χ2n) is 5.38. The Bertz CT molecular complexity index is 658. The smallest absolute Gasteiger partial charge is 0.245 e. The molecule has 1 saturated heterocycles. The number of nitrogens with one attached hydrogen (secondary N) is 2. The third kappa shape index (κ3) is 3.64. The van der Waals surface area contributed by atoms with Crippen molar-refractivity contribution in [2.24, 2.45) is 0 Å². The topological polar surface area (TPSA) is 75.3 Å². The lowest BCUT2D eigenvalue weighted by Gasteiger charge is -2.34. The van der Waals surface area contributed by atoms with Crippen LogP contribution in [-0.4, -0.2) is 38.4 Å². The number of anilines is 1. The van der Waals surface area contributed by atoms with Gasteiger partial charge in [-0.3, -0.25) is 4.79 Å². The summed E-state index contributed by atoms with van der Waals surface area (Å²) in [7, 11) is -3.49. The molecule has 0 atom stereocenters. The summed E-state index contributed by atoms with van der Waals surface area (Å²) in [6, 6.07) is 5.46. The van der Waals surface area contributed by atoms with Gasteiger partial charge in [-0.05, 0) is 50.6 Å². The Hall–Kier alpha value is -0.630. The van der Waals surface area contributed by atoms with Gasteiger partial charge in [0.25, 0.3) is 0 Å². The summed E-state index contributed by atoms with van der Waals surface area (Å²) in [6.45, 7) is 2.92. The van der Waals surface area contributed by atoms with Gasteiger partial charge < -0.3 is 10.6 Å². The standard InChI is InChI=1S/C14H19BrN2O3S.ClH/c1-10-11(15)4-3-5-12(10)17-13(18)14(21(2,19)20)6-8-16-9-7-14;/h3-5,16H,6-9H2,1-2H3,(H,17,18);1H. The highest BCUT2D eigenvalue weighted by molar-refractivity contribution is 9.10. The average molecular weight is 412 g/mol. The van der Waals surface area contributed by atoms with E-state index >= 15 is 0 Å². The first-order valence-electron chi connectivity index (χ1n) is 6.75. The number of amides is 1. The van der Waals surface area contributed by atoms with E-state index in [0.29, 0.717) is 31.6 Å². The summed E-state index contributed by atoms with van der Waals surface area (Å²) in [4.78, 5) is 12.7. The van der Waals surface area contributed by atoms with Gasteiger partial charge >= 0.3 is 0 Å². The summed E-state index contributed by atoms with van der Waals surface area (Å²) in [5.41, 5.74) is 1.51. The molecule has 0 bridgehead atoms. The van der Waals surface area contributed by atoms with E-state index < -0.39 is 20.5 Å². The fraction of sp³-hybridized carbons (Fsp3) is 0.500. The minimum Gasteiger partial charge on any atom is -0.324 e. The first-order chi connectivity index (χ1) is 9.78. The van der Waals surface area contributed by atoms with Gasteiger partial charge in [-0.15, -0.1) is 12.4 Å². The van der Waals surface area contributed by atoms with Crippen LogP contribution in [0.2, 0.25) is 0 Å². The van der Waals surface area contributed by atoms with Gasteiger partial charge in [0.05, 0.1) is 0 Å². The predicted octanol–water partition coefficient (Wildman–Crippen LogP) is 2.28. The molecule has 0 saturated carbocycles. The number of hydrogen-bond acceptors (Lipinski definition) is 4. The van der Waals surface area contributed by atoms with Gasteiger partial charge in [0.2, 0.25) is 5.91 Å². The number of benzene rings is 1. The fourth-order valence-corrected chi connectivity index (χ4v) is 4.28. The largest absolute Gasteiger partial charge is 0.324 e. The lowest BCUT2D eigenvalue weighted by atomic mass is 9.95. The van der Waals surface area contributed by atoms with Crippen LogP contribution in [0.25, 0.3) is 0 Å². The maximum atomic E-state index is 12.7. The van der Waals surface area contributed by atoms with Crippen LogP contribution < -0.4 is 10.6 Å². The molecule has 0 spiro atoms. The number of carbonyl (C=O) groups is 1. The zero-order valence-electron chi connectivity index (χ0n) is 12.5. The number of hydrogen-bond donors (Lipinski definition) is 2. The summed E-state index contributed by atoms with van der Waals surface area (Å²) in [5, 5.41) is 5.89. The molecule has 0 aliphatic carbocycles. The van der Waals surface area contributed by atoms with Crippen LogP contribution in [0.1, 0.15) is 18.4 Å². The molecule has 1 aliphatic rings. The molecule has 2 rings (SSSR count). The maximum absolute atomic E-state index is 12.7. The van der Waals surface area contributed by atoms with Gasteiger partial charge in [0.15, 0.2) is 14.6 Å². The highest BCUT2D eigenvalue weighted by Gasteiger charge is 2.48. The molecular weight excluding hydrogens is 392 g/mol. The van der Waals surface area contributed by atoms with Crippen LogP contribution in [-0.2, 0) is 14.6 Å². The molecule has 8 heteroatoms.